The molecule has 19 heavy (non-hydrogen) atoms. The van der Waals surface area contributed by atoms with Gasteiger partial charge in [-0.25, -0.2) is 5.90 Å². The molecule has 0 aromatic heterocycles. The molecule has 0 aromatic carbocycles. The number of fused-ring (bicyclic) bond motifs is 1. The molecule has 2 saturated carbocycles. The van der Waals surface area contributed by atoms with Gasteiger partial charge in [0.05, 0.1) is 6.10 Å². The zero-order chi connectivity index (χ0) is 15.5. The number of methoxy groups -OCH3 is 1. The number of rotatable bonds is 1. The van der Waals surface area contributed by atoms with Crippen LogP contribution in [0.2, 0.25) is 0 Å². The fourth-order valence-electron chi connectivity index (χ4n) is 3.66. The molecule has 4 atom stereocenters. The highest BCUT2D eigenvalue weighted by atomic mass is 16.5. The fraction of sp³-hybridized carbons (Fsp3) is 1.00. The first-order valence-electron chi connectivity index (χ1n) is 7.97. The summed E-state index contributed by atoms with van der Waals surface area (Å²) in [5, 5.41) is 6.50. The largest absolute Gasteiger partial charge is 0.381 e. The lowest BCUT2D eigenvalue weighted by Gasteiger charge is -2.43. The molecule has 2 aliphatic rings. The average molecular weight is 275 g/mol. The molecule has 0 aromatic rings. The van der Waals surface area contributed by atoms with Gasteiger partial charge < -0.3 is 9.94 Å². The normalized spacial score (nSPS) is 35.5. The highest BCUT2D eigenvalue weighted by molar-refractivity contribution is 4.99. The SMILES string of the molecule is CC.CC.CO[C@H]1CCC[C@]2(C)C(C)CCC12.NO. The molecule has 3 nitrogen and oxygen atoms in total. The van der Waals surface area contributed by atoms with E-state index in [4.69, 9.17) is 9.94 Å². The first kappa shape index (κ1) is 21.2. The summed E-state index contributed by atoms with van der Waals surface area (Å²) >= 11 is 0. The molecule has 0 heterocycles. The Hall–Kier alpha value is -0.120. The van der Waals surface area contributed by atoms with Crippen molar-refractivity contribution in [2.24, 2.45) is 23.1 Å². The summed E-state index contributed by atoms with van der Waals surface area (Å²) in [6.45, 7) is 12.9. The van der Waals surface area contributed by atoms with E-state index in [9.17, 15) is 0 Å². The summed E-state index contributed by atoms with van der Waals surface area (Å²) in [5.41, 5.74) is 0.596. The molecule has 0 amide bonds. The number of ether oxygens (including phenoxy) is 1. The van der Waals surface area contributed by atoms with Crippen LogP contribution in [0.1, 0.15) is 73.6 Å². The van der Waals surface area contributed by atoms with Crippen LogP contribution in [0.3, 0.4) is 0 Å². The van der Waals surface area contributed by atoms with Crippen molar-refractivity contribution in [3.63, 3.8) is 0 Å². The van der Waals surface area contributed by atoms with Crippen LogP contribution in [0.25, 0.3) is 0 Å². The molecule has 2 unspecified atom stereocenters. The maximum absolute atomic E-state index is 6.50. The van der Waals surface area contributed by atoms with Crippen molar-refractivity contribution in [2.75, 3.05) is 7.11 Å². The lowest BCUT2D eigenvalue weighted by Crippen LogP contribution is -2.40. The quantitative estimate of drug-likeness (QED) is 0.686. The Labute approximate surface area is 120 Å². The van der Waals surface area contributed by atoms with Crippen molar-refractivity contribution < 1.29 is 9.94 Å². The molecule has 2 aliphatic carbocycles. The van der Waals surface area contributed by atoms with E-state index in [1.54, 1.807) is 0 Å². The smallest absolute Gasteiger partial charge is 0.0604 e. The first-order chi connectivity index (χ1) is 9.18. The van der Waals surface area contributed by atoms with Crippen LogP contribution in [0.15, 0.2) is 0 Å². The minimum Gasteiger partial charge on any atom is -0.381 e. The lowest BCUT2D eigenvalue weighted by molar-refractivity contribution is -0.0399. The van der Waals surface area contributed by atoms with Crippen LogP contribution in [0.4, 0.5) is 0 Å². The second kappa shape index (κ2) is 11.7. The summed E-state index contributed by atoms with van der Waals surface area (Å²) in [4.78, 5) is 0. The molecule has 0 aliphatic heterocycles. The summed E-state index contributed by atoms with van der Waals surface area (Å²) in [6, 6.07) is 0. The molecule has 0 saturated heterocycles. The van der Waals surface area contributed by atoms with E-state index in [-0.39, 0.29) is 0 Å². The topological polar surface area (TPSA) is 55.5 Å². The van der Waals surface area contributed by atoms with Crippen molar-refractivity contribution in [2.45, 2.75) is 79.8 Å². The van der Waals surface area contributed by atoms with Crippen molar-refractivity contribution in [1.29, 1.82) is 0 Å². The summed E-state index contributed by atoms with van der Waals surface area (Å²) < 4.78 is 5.62. The van der Waals surface area contributed by atoms with Crippen LogP contribution in [-0.4, -0.2) is 18.4 Å². The third-order valence-corrected chi connectivity index (χ3v) is 4.84. The van der Waals surface area contributed by atoms with Crippen LogP contribution in [0.5, 0.6) is 0 Å². The summed E-state index contributed by atoms with van der Waals surface area (Å²) in [6.07, 6.45) is 7.47. The van der Waals surface area contributed by atoms with Gasteiger partial charge in [-0.2, -0.15) is 0 Å². The van der Waals surface area contributed by atoms with Crippen LogP contribution < -0.4 is 5.90 Å². The first-order valence-corrected chi connectivity index (χ1v) is 7.97. The van der Waals surface area contributed by atoms with E-state index < -0.39 is 0 Å². The van der Waals surface area contributed by atoms with Gasteiger partial charge in [0.1, 0.15) is 0 Å². The van der Waals surface area contributed by atoms with Crippen molar-refractivity contribution in [3.05, 3.63) is 0 Å². The molecular formula is C16H37NO2. The second-order valence-corrected chi connectivity index (χ2v) is 5.26. The predicted molar refractivity (Wildman–Crippen MR) is 83.3 cm³/mol. The van der Waals surface area contributed by atoms with Gasteiger partial charge in [-0.3, -0.25) is 0 Å². The van der Waals surface area contributed by atoms with E-state index in [0.717, 1.165) is 11.8 Å². The van der Waals surface area contributed by atoms with Crippen molar-refractivity contribution in [3.8, 4) is 0 Å². The van der Waals surface area contributed by atoms with E-state index >= 15 is 0 Å². The minimum absolute atomic E-state index is 0.559. The molecule has 3 N–H and O–H groups in total. The Balaban J connectivity index is 0. The molecule has 2 rings (SSSR count). The number of nitrogens with two attached hydrogens (primary N) is 1. The zero-order valence-corrected chi connectivity index (χ0v) is 14.2. The molecule has 0 bridgehead atoms. The third-order valence-electron chi connectivity index (χ3n) is 4.84. The summed E-state index contributed by atoms with van der Waals surface area (Å²) in [5.74, 6) is 5.26. The Bertz CT molecular complexity index is 199. The van der Waals surface area contributed by atoms with E-state index in [1.807, 2.05) is 34.8 Å². The van der Waals surface area contributed by atoms with Crippen LogP contribution >= 0.6 is 0 Å². The average Bonchev–Trinajstić information content (AvgIpc) is 2.81. The van der Waals surface area contributed by atoms with Gasteiger partial charge in [0.25, 0.3) is 0 Å². The molecule has 118 valence electrons. The van der Waals surface area contributed by atoms with E-state index in [1.165, 1.54) is 32.1 Å². The van der Waals surface area contributed by atoms with Gasteiger partial charge in [-0.15, -0.1) is 0 Å². The van der Waals surface area contributed by atoms with Gasteiger partial charge >= 0.3 is 0 Å². The fourth-order valence-corrected chi connectivity index (χ4v) is 3.66. The molecular weight excluding hydrogens is 238 g/mol. The van der Waals surface area contributed by atoms with Gasteiger partial charge in [0, 0.05) is 7.11 Å². The van der Waals surface area contributed by atoms with Gasteiger partial charge in [-0.1, -0.05) is 48.0 Å². The molecule has 2 fully saturated rings. The van der Waals surface area contributed by atoms with E-state index in [2.05, 4.69) is 19.7 Å². The van der Waals surface area contributed by atoms with Gasteiger partial charge in [0.2, 0.25) is 0 Å². The highest BCUT2D eigenvalue weighted by Gasteiger charge is 2.49. The summed E-state index contributed by atoms with van der Waals surface area (Å²) in [7, 11) is 1.89. The van der Waals surface area contributed by atoms with Crippen LogP contribution in [-0.2, 0) is 4.74 Å². The Kier molecular flexibility index (Phi) is 13.0. The van der Waals surface area contributed by atoms with Gasteiger partial charge in [-0.05, 0) is 42.9 Å². The number of hydrogen-bond donors (Lipinski definition) is 2. The number of hydrogen-bond acceptors (Lipinski definition) is 3. The Morgan fingerprint density at radius 3 is 2.05 bits per heavy atom. The highest BCUT2D eigenvalue weighted by Crippen LogP contribution is 2.55. The maximum atomic E-state index is 6.50. The lowest BCUT2D eigenvalue weighted by atomic mass is 9.65. The molecule has 0 spiro atoms. The zero-order valence-electron chi connectivity index (χ0n) is 14.2. The Morgan fingerprint density at radius 1 is 1.05 bits per heavy atom. The molecule has 3 heteroatoms. The Morgan fingerprint density at radius 2 is 1.58 bits per heavy atom. The second-order valence-electron chi connectivity index (χ2n) is 5.26. The predicted octanol–water partition coefficient (Wildman–Crippen LogP) is 4.62. The van der Waals surface area contributed by atoms with E-state index in [0.29, 0.717) is 11.5 Å². The minimum atomic E-state index is 0.559. The maximum Gasteiger partial charge on any atom is 0.0604 e. The monoisotopic (exact) mass is 275 g/mol. The van der Waals surface area contributed by atoms with Crippen molar-refractivity contribution >= 4 is 0 Å². The van der Waals surface area contributed by atoms with Crippen molar-refractivity contribution in [1.82, 2.24) is 0 Å². The molecule has 0 radical (unpaired) electrons. The third kappa shape index (κ3) is 5.05. The standard InChI is InChI=1S/C12H22O.2C2H6.H3NO/c1-9-6-7-10-11(13-3)5-4-8-12(9,10)2;3*1-2/h9-11H,4-8H2,1-3H3;2*1-2H3;2H,1H2/t9?,10?,11-,12+;;;/m0.../s1. The van der Waals surface area contributed by atoms with Crippen LogP contribution in [0, 0.1) is 17.3 Å². The van der Waals surface area contributed by atoms with Gasteiger partial charge in [0.15, 0.2) is 0 Å².